The zero-order valence-electron chi connectivity index (χ0n) is 38.8. The number of amides is 3. The number of rotatable bonds is 9. The van der Waals surface area contributed by atoms with Crippen molar-refractivity contribution in [2.45, 2.75) is 104 Å². The van der Waals surface area contributed by atoms with Gasteiger partial charge in [-0.1, -0.05) is 39.8 Å². The average molecular weight is 879 g/mol. The van der Waals surface area contributed by atoms with Crippen molar-refractivity contribution in [1.82, 2.24) is 35.1 Å². The van der Waals surface area contributed by atoms with Gasteiger partial charge in [0, 0.05) is 80.9 Å². The minimum atomic E-state index is -1.13. The Labute approximate surface area is 376 Å². The molecule has 2 aromatic carbocycles. The Morgan fingerprint density at radius 1 is 1.11 bits per heavy atom. The molecule has 0 saturated carbocycles. The van der Waals surface area contributed by atoms with E-state index in [1.54, 1.807) is 32.5 Å². The number of phenolic OH excluding ortho intramolecular Hbond substituents is 1. The molecule has 3 aliphatic rings. The number of aromatic nitrogens is 2. The quantitative estimate of drug-likeness (QED) is 0.169. The van der Waals surface area contributed by atoms with Gasteiger partial charge in [0.2, 0.25) is 11.8 Å². The number of benzene rings is 2. The number of methoxy groups -OCH3 is 1. The normalized spacial score (nSPS) is 22.8. The molecule has 6 atom stereocenters. The van der Waals surface area contributed by atoms with E-state index in [1.165, 1.54) is 9.91 Å². The summed E-state index contributed by atoms with van der Waals surface area (Å²) >= 11 is 0. The van der Waals surface area contributed by atoms with Crippen molar-refractivity contribution in [3.05, 3.63) is 71.5 Å². The summed E-state index contributed by atoms with van der Waals surface area (Å²) in [6, 6.07) is 12.3. The maximum Gasteiger partial charge on any atom is 0.324 e. The van der Waals surface area contributed by atoms with E-state index in [1.807, 2.05) is 50.9 Å². The minimum Gasteiger partial charge on any atom is -0.508 e. The second-order valence-electron chi connectivity index (χ2n) is 19.2. The van der Waals surface area contributed by atoms with Gasteiger partial charge < -0.3 is 40.0 Å². The molecule has 64 heavy (non-hydrogen) atoms. The minimum absolute atomic E-state index is 0.00317. The Bertz CT molecular complexity index is 2400. The molecular formula is C49H66N8O7. The number of aromatic hydroxyl groups is 1. The fraction of sp³-hybridized carbons (Fsp3) is 0.531. The molecule has 7 rings (SSSR count). The molecule has 0 spiro atoms. The van der Waals surface area contributed by atoms with Crippen LogP contribution in [-0.2, 0) is 48.0 Å². The standard InChI is InChI=1S/C49H66N8O7/c1-10-56-41-16-15-31-23-35(41)36(44(56)34-13-11-17-51-42(34)29(4)63-9)24-49(5,6)27-64-48(62)39-14-12-18-57(53-39)47(61)40(21-30-19-32(31)22-33(58)20-30)52-45(59)43(28(2)3)55(8)46(60)37-25-54(7)26-38(37)50/h11,13,15-17,19-20,22-23,28-29,37-40,43,53,58H,10,12,14,18,21,24-27,50H2,1-9H3,(H,52,59)/t29-,37-,38+,39-,40-,43-/m0/s1. The molecular weight excluding hydrogens is 813 g/mol. The first-order valence-electron chi connectivity index (χ1n) is 22.6. The Morgan fingerprint density at radius 2 is 1.88 bits per heavy atom. The van der Waals surface area contributed by atoms with Crippen LogP contribution in [0.2, 0.25) is 0 Å². The van der Waals surface area contributed by atoms with Crippen LogP contribution < -0.4 is 16.5 Å². The van der Waals surface area contributed by atoms with E-state index in [4.69, 9.17) is 20.2 Å². The number of carbonyl (C=O) groups is 4. The average Bonchev–Trinajstić information content (AvgIpc) is 3.77. The van der Waals surface area contributed by atoms with Gasteiger partial charge in [0.15, 0.2) is 0 Å². The summed E-state index contributed by atoms with van der Waals surface area (Å²) in [5, 5.41) is 16.7. The van der Waals surface area contributed by atoms with E-state index >= 15 is 0 Å². The van der Waals surface area contributed by atoms with E-state index < -0.39 is 47.2 Å². The lowest BCUT2D eigenvalue weighted by Gasteiger charge is -2.37. The van der Waals surface area contributed by atoms with Gasteiger partial charge >= 0.3 is 5.97 Å². The van der Waals surface area contributed by atoms with Gasteiger partial charge in [0.25, 0.3) is 5.91 Å². The van der Waals surface area contributed by atoms with Crippen LogP contribution in [0.5, 0.6) is 5.75 Å². The fourth-order valence-electron chi connectivity index (χ4n) is 9.94. The number of pyridine rings is 1. The van der Waals surface area contributed by atoms with E-state index in [-0.39, 0.29) is 42.7 Å². The zero-order valence-corrected chi connectivity index (χ0v) is 38.8. The number of cyclic esters (lactones) is 1. The second kappa shape index (κ2) is 19.0. The zero-order chi connectivity index (χ0) is 46.2. The first-order chi connectivity index (χ1) is 30.4. The molecule has 5 heterocycles. The van der Waals surface area contributed by atoms with Crippen LogP contribution in [-0.4, -0.2) is 125 Å². The van der Waals surface area contributed by atoms with Crippen molar-refractivity contribution < 1.29 is 33.8 Å². The van der Waals surface area contributed by atoms with Crippen molar-refractivity contribution in [2.24, 2.45) is 23.0 Å². The number of nitrogens with two attached hydrogens (primary N) is 1. The molecule has 0 unspecified atom stereocenters. The predicted octanol–water partition coefficient (Wildman–Crippen LogP) is 4.82. The largest absolute Gasteiger partial charge is 0.508 e. The summed E-state index contributed by atoms with van der Waals surface area (Å²) in [7, 11) is 5.20. The van der Waals surface area contributed by atoms with Gasteiger partial charge in [0.05, 0.1) is 30.0 Å². The number of carbonyl (C=O) groups excluding carboxylic acids is 4. The molecule has 2 fully saturated rings. The first-order valence-corrected chi connectivity index (χ1v) is 22.6. The monoisotopic (exact) mass is 879 g/mol. The van der Waals surface area contributed by atoms with Crippen LogP contribution in [0.15, 0.2) is 54.7 Å². The molecule has 15 heteroatoms. The highest BCUT2D eigenvalue weighted by Crippen LogP contribution is 2.42. The Hall–Kier alpha value is -5.35. The molecule has 2 saturated heterocycles. The van der Waals surface area contributed by atoms with Gasteiger partial charge in [-0.2, -0.15) is 0 Å². The number of hydrogen-bond acceptors (Lipinski definition) is 11. The van der Waals surface area contributed by atoms with Gasteiger partial charge in [-0.15, -0.1) is 0 Å². The van der Waals surface area contributed by atoms with Crippen molar-refractivity contribution in [3.63, 3.8) is 0 Å². The van der Waals surface area contributed by atoms with E-state index in [0.29, 0.717) is 51.0 Å². The first kappa shape index (κ1) is 46.6. The van der Waals surface area contributed by atoms with Gasteiger partial charge in [0.1, 0.15) is 23.9 Å². The topological polar surface area (TPSA) is 185 Å². The maximum atomic E-state index is 14.7. The highest BCUT2D eigenvalue weighted by molar-refractivity contribution is 5.96. The summed E-state index contributed by atoms with van der Waals surface area (Å²) in [5.41, 5.74) is 16.0. The molecule has 4 aromatic rings. The lowest BCUT2D eigenvalue weighted by Crippen LogP contribution is -2.62. The molecule has 3 aliphatic heterocycles. The van der Waals surface area contributed by atoms with Crippen LogP contribution in [0.3, 0.4) is 0 Å². The lowest BCUT2D eigenvalue weighted by atomic mass is 9.84. The number of nitrogens with zero attached hydrogens (tertiary/aromatic N) is 5. The second-order valence-corrected chi connectivity index (χ2v) is 19.2. The van der Waals surface area contributed by atoms with Gasteiger partial charge in [-0.05, 0) is 105 Å². The number of esters is 1. The van der Waals surface area contributed by atoms with Crippen molar-refractivity contribution in [2.75, 3.05) is 47.4 Å². The number of ether oxygens (including phenoxy) is 2. The van der Waals surface area contributed by atoms with E-state index in [2.05, 4.69) is 54.3 Å². The molecule has 344 valence electrons. The maximum absolute atomic E-state index is 14.7. The summed E-state index contributed by atoms with van der Waals surface area (Å²) in [6.07, 6.45) is 3.04. The van der Waals surface area contributed by atoms with Gasteiger partial charge in [-0.25, -0.2) is 5.43 Å². The number of nitrogens with one attached hydrogen (secondary N) is 2. The number of aryl methyl sites for hydroxylation is 1. The van der Waals surface area contributed by atoms with Crippen LogP contribution in [0.4, 0.5) is 0 Å². The van der Waals surface area contributed by atoms with Crippen LogP contribution in [0.25, 0.3) is 33.3 Å². The Kier molecular flexibility index (Phi) is 13.9. The highest BCUT2D eigenvalue weighted by Gasteiger charge is 2.41. The Morgan fingerprint density at radius 3 is 2.56 bits per heavy atom. The van der Waals surface area contributed by atoms with E-state index in [0.717, 1.165) is 44.5 Å². The number of fused-ring (bicyclic) bond motifs is 6. The fourth-order valence-corrected chi connectivity index (χ4v) is 9.94. The van der Waals surface area contributed by atoms with Crippen LogP contribution in [0, 0.1) is 17.3 Å². The summed E-state index contributed by atoms with van der Waals surface area (Å²) in [4.78, 5) is 65.2. The van der Waals surface area contributed by atoms with Crippen molar-refractivity contribution in [3.8, 4) is 28.1 Å². The lowest BCUT2D eigenvalue weighted by molar-refractivity contribution is -0.155. The number of hydrogen-bond donors (Lipinski definition) is 4. The third-order valence-corrected chi connectivity index (χ3v) is 13.2. The van der Waals surface area contributed by atoms with Gasteiger partial charge in [-0.3, -0.25) is 29.2 Å². The summed E-state index contributed by atoms with van der Waals surface area (Å²) < 4.78 is 14.2. The predicted molar refractivity (Wildman–Crippen MR) is 246 cm³/mol. The van der Waals surface area contributed by atoms with E-state index in [9.17, 15) is 24.3 Å². The molecule has 6 bridgehead atoms. The number of phenols is 1. The number of likely N-dealkylation sites (N-methyl/N-ethyl adjacent to an activating group) is 2. The van der Waals surface area contributed by atoms with Crippen molar-refractivity contribution in [1.29, 1.82) is 0 Å². The molecule has 2 aromatic heterocycles. The smallest absolute Gasteiger partial charge is 0.324 e. The number of hydrazine groups is 1. The molecule has 5 N–H and O–H groups in total. The third-order valence-electron chi connectivity index (χ3n) is 13.2. The molecule has 0 aliphatic carbocycles. The highest BCUT2D eigenvalue weighted by atomic mass is 16.5. The molecule has 0 radical (unpaired) electrons. The summed E-state index contributed by atoms with van der Waals surface area (Å²) in [5.74, 6) is -2.42. The summed E-state index contributed by atoms with van der Waals surface area (Å²) in [6.45, 7) is 14.1. The Balaban J connectivity index is 1.33. The molecule has 3 amide bonds. The van der Waals surface area contributed by atoms with Crippen LogP contribution >= 0.6 is 0 Å². The number of likely N-dealkylation sites (tertiary alicyclic amines) is 1. The van der Waals surface area contributed by atoms with Crippen molar-refractivity contribution >= 4 is 34.6 Å². The third kappa shape index (κ3) is 9.53. The van der Waals surface area contributed by atoms with Crippen LogP contribution in [0.1, 0.15) is 77.3 Å². The molecule has 15 nitrogen and oxygen atoms in total. The SMILES string of the molecule is CCn1c(-c2cccnc2[C@H](C)OC)c2c3cc(ccc31)-c1cc(O)cc(c1)C[C@H](NC(=O)[C@H](C(C)C)N(C)C(=O)[C@H]1CN(C)C[C@H]1N)C(=O)N1CCC[C@H](N1)C(=O)OCC(C)(C)C2.